The number of nitrogens with one attached hydrogen (secondary N) is 1. The Kier molecular flexibility index (Phi) is 12.3. The molecule has 13 heteroatoms. The molecule has 0 aliphatic carbocycles. The number of nitriles is 1. The molecule has 290 valence electrons. The van der Waals surface area contributed by atoms with Crippen LogP contribution in [0.15, 0.2) is 28.7 Å². The number of fused-ring (bicyclic) bond motifs is 4. The van der Waals surface area contributed by atoms with E-state index < -0.39 is 6.04 Å². The molecule has 0 bridgehead atoms. The number of methoxy groups -OCH3 is 4. The second kappa shape index (κ2) is 16.6. The van der Waals surface area contributed by atoms with Crippen molar-refractivity contribution in [1.29, 1.82) is 5.26 Å². The van der Waals surface area contributed by atoms with E-state index in [0.29, 0.717) is 76.9 Å². The van der Waals surface area contributed by atoms with Crippen molar-refractivity contribution in [2.45, 2.75) is 57.4 Å². The average Bonchev–Trinajstić information content (AvgIpc) is 3.41. The highest BCUT2D eigenvalue weighted by atomic mass is 16.5. The zero-order valence-corrected chi connectivity index (χ0v) is 33.2. The van der Waals surface area contributed by atoms with Crippen LogP contribution < -0.4 is 24.3 Å². The third-order valence-electron chi connectivity index (χ3n) is 10.6. The quantitative estimate of drug-likeness (QED) is 0.181. The highest BCUT2D eigenvalue weighted by Crippen LogP contribution is 2.56. The number of furan rings is 1. The van der Waals surface area contributed by atoms with Gasteiger partial charge in [-0.05, 0) is 61.6 Å². The summed E-state index contributed by atoms with van der Waals surface area (Å²) in [5, 5.41) is 38.1. The summed E-state index contributed by atoms with van der Waals surface area (Å²) in [6.07, 6.45) is 1.57. The van der Waals surface area contributed by atoms with Crippen LogP contribution in [0.5, 0.6) is 34.5 Å². The number of phenols is 2. The Morgan fingerprint density at radius 2 is 1.46 bits per heavy atom. The number of carbonyl (C=O) groups is 1. The van der Waals surface area contributed by atoms with E-state index >= 15 is 0 Å². The van der Waals surface area contributed by atoms with E-state index in [9.17, 15) is 20.3 Å². The van der Waals surface area contributed by atoms with Gasteiger partial charge in [-0.2, -0.15) is 5.26 Å². The molecule has 0 radical (unpaired) electrons. The van der Waals surface area contributed by atoms with E-state index in [4.69, 9.17) is 23.4 Å². The maximum atomic E-state index is 11.6. The molecule has 54 heavy (non-hydrogen) atoms. The third kappa shape index (κ3) is 6.79. The first kappa shape index (κ1) is 40.2. The van der Waals surface area contributed by atoms with Crippen molar-refractivity contribution in [3.63, 3.8) is 0 Å². The fourth-order valence-electron chi connectivity index (χ4n) is 8.64. The fraction of sp³-hybridized carbons (Fsp3) is 0.463. The van der Waals surface area contributed by atoms with Crippen molar-refractivity contribution in [1.82, 2.24) is 20.0 Å². The summed E-state index contributed by atoms with van der Waals surface area (Å²) in [6.45, 7) is 4.89. The van der Waals surface area contributed by atoms with E-state index in [1.807, 2.05) is 78.3 Å². The summed E-state index contributed by atoms with van der Waals surface area (Å²) >= 11 is 0. The molecular formula is C41H53N5O8. The third-order valence-corrected chi connectivity index (χ3v) is 10.6. The number of benzene rings is 3. The molecule has 4 atom stereocenters. The van der Waals surface area contributed by atoms with Crippen molar-refractivity contribution >= 4 is 17.3 Å². The van der Waals surface area contributed by atoms with Crippen LogP contribution in [0.3, 0.4) is 0 Å². The molecule has 3 aromatic carbocycles. The number of hydrogen-bond acceptors (Lipinski definition) is 13. The molecule has 2 aliphatic rings. The first-order valence-electron chi connectivity index (χ1n) is 17.9. The van der Waals surface area contributed by atoms with Crippen LogP contribution in [0.4, 0.5) is 0 Å². The number of ether oxygens (including phenoxy) is 4. The van der Waals surface area contributed by atoms with Gasteiger partial charge in [-0.1, -0.05) is 18.2 Å². The van der Waals surface area contributed by atoms with Gasteiger partial charge in [-0.3, -0.25) is 9.69 Å². The molecule has 1 aromatic heterocycles. The first-order chi connectivity index (χ1) is 25.8. The van der Waals surface area contributed by atoms with Crippen LogP contribution in [0.1, 0.15) is 61.6 Å². The predicted molar refractivity (Wildman–Crippen MR) is 206 cm³/mol. The lowest BCUT2D eigenvalue weighted by molar-refractivity contribution is 0.0394. The van der Waals surface area contributed by atoms with Gasteiger partial charge in [0, 0.05) is 69.9 Å². The number of likely N-dealkylation sites (N-methyl/N-ethyl adjacent to an activating group) is 2. The van der Waals surface area contributed by atoms with Gasteiger partial charge in [0.1, 0.15) is 23.1 Å². The standard InChI is InChI=1S/C29H40N4O6.C12H13NO2/c1-14-26(36-6)17-10-16(12-30)33-19(23(32(4)5)22(17)25(35)29(14)39-9)11-18-21(20(33)13-31-3)24(34)28(38-8)15(2)27(18)37-7;1-13(2)7-10-9-5-3-4-6-11(9)15-12(10)8-14/h16,19-20,23,31,34-35H,10-11,13H2,1-9H3;3-6,8H,7H2,1-2H3/t16-,19?,20?,23+;/m1./s1. The second-order valence-electron chi connectivity index (χ2n) is 14.2. The van der Waals surface area contributed by atoms with Crippen molar-refractivity contribution in [3.05, 3.63) is 69.0 Å². The SMILES string of the molecule is CN(C)Cc1c(C=O)oc2ccccc12.CNCC1c2c(O)c(OC)c(C)c(OC)c2CC2[C@H](N(C)C)c3c(O)c(OC)c(C)c(OC)c3C[C@H](C#N)N12. The average molecular weight is 744 g/mol. The number of phenolic OH excluding ortho intramolecular Hbond substituents is 2. The van der Waals surface area contributed by atoms with Gasteiger partial charge in [0.2, 0.25) is 0 Å². The summed E-state index contributed by atoms with van der Waals surface area (Å²) in [4.78, 5) is 17.1. The smallest absolute Gasteiger partial charge is 0.185 e. The maximum absolute atomic E-state index is 11.6. The fourth-order valence-corrected chi connectivity index (χ4v) is 8.64. The van der Waals surface area contributed by atoms with Gasteiger partial charge in [0.15, 0.2) is 35.0 Å². The molecule has 4 aromatic rings. The highest BCUT2D eigenvalue weighted by Gasteiger charge is 2.50. The minimum absolute atomic E-state index is 0.0553. The van der Waals surface area contributed by atoms with Gasteiger partial charge in [-0.25, -0.2) is 0 Å². The minimum atomic E-state index is -0.580. The number of para-hydroxylation sites is 1. The summed E-state index contributed by atoms with van der Waals surface area (Å²) in [7, 11) is 16.0. The predicted octanol–water partition coefficient (Wildman–Crippen LogP) is 5.29. The molecule has 0 saturated heterocycles. The lowest BCUT2D eigenvalue weighted by Gasteiger charge is -2.48. The largest absolute Gasteiger partial charge is 0.504 e. The summed E-state index contributed by atoms with van der Waals surface area (Å²) < 4.78 is 28.5. The molecular weight excluding hydrogens is 690 g/mol. The first-order valence-corrected chi connectivity index (χ1v) is 17.9. The normalized spacial score (nSPS) is 19.2. The van der Waals surface area contributed by atoms with Gasteiger partial charge in [0.25, 0.3) is 0 Å². The van der Waals surface area contributed by atoms with E-state index in [1.54, 1.807) is 14.2 Å². The molecule has 0 saturated carbocycles. The van der Waals surface area contributed by atoms with E-state index in [-0.39, 0.29) is 29.6 Å². The summed E-state index contributed by atoms with van der Waals surface area (Å²) in [6, 6.07) is 8.67. The molecule has 2 aliphatic heterocycles. The van der Waals surface area contributed by atoms with E-state index in [2.05, 4.69) is 21.2 Å². The molecule has 6 rings (SSSR count). The van der Waals surface area contributed by atoms with Gasteiger partial charge in [0.05, 0.1) is 46.6 Å². The van der Waals surface area contributed by atoms with Crippen molar-refractivity contribution in [2.75, 3.05) is 70.2 Å². The monoisotopic (exact) mass is 743 g/mol. The topological polar surface area (TPSA) is 153 Å². The number of hydrogen-bond donors (Lipinski definition) is 3. The molecule has 3 heterocycles. The van der Waals surface area contributed by atoms with Gasteiger partial charge in [-0.15, -0.1) is 0 Å². The van der Waals surface area contributed by atoms with E-state index in [0.717, 1.165) is 33.9 Å². The van der Waals surface area contributed by atoms with Crippen LogP contribution >= 0.6 is 0 Å². The van der Waals surface area contributed by atoms with Crippen LogP contribution in [-0.2, 0) is 19.4 Å². The Bertz CT molecular complexity index is 2050. The van der Waals surface area contributed by atoms with Crippen molar-refractivity contribution < 1.29 is 38.4 Å². The van der Waals surface area contributed by atoms with Gasteiger partial charge < -0.3 is 48.7 Å². The minimum Gasteiger partial charge on any atom is -0.504 e. The lowest BCUT2D eigenvalue weighted by atomic mass is 9.80. The van der Waals surface area contributed by atoms with Gasteiger partial charge >= 0.3 is 0 Å². The number of carbonyl (C=O) groups excluding carboxylic acids is 1. The van der Waals surface area contributed by atoms with Crippen LogP contribution in [0, 0.1) is 25.2 Å². The Balaban J connectivity index is 0.000000310. The Morgan fingerprint density at radius 3 is 1.96 bits per heavy atom. The van der Waals surface area contributed by atoms with E-state index in [1.165, 1.54) is 14.2 Å². The molecule has 3 N–H and O–H groups in total. The Hall–Kier alpha value is -5.00. The van der Waals surface area contributed by atoms with Crippen LogP contribution in [0.25, 0.3) is 11.0 Å². The molecule has 13 nitrogen and oxygen atoms in total. The zero-order valence-electron chi connectivity index (χ0n) is 33.2. The zero-order chi connectivity index (χ0) is 39.6. The van der Waals surface area contributed by atoms with Crippen LogP contribution in [-0.4, -0.2) is 114 Å². The number of aldehydes is 1. The molecule has 2 unspecified atom stereocenters. The van der Waals surface area contributed by atoms with Crippen molar-refractivity contribution in [3.8, 4) is 40.6 Å². The Morgan fingerprint density at radius 1 is 0.907 bits per heavy atom. The van der Waals surface area contributed by atoms with Crippen molar-refractivity contribution in [2.24, 2.45) is 0 Å². The number of aromatic hydroxyl groups is 2. The summed E-state index contributed by atoms with van der Waals surface area (Å²) in [5.74, 6) is 2.53. The lowest BCUT2D eigenvalue weighted by Crippen LogP contribution is -2.55. The van der Waals surface area contributed by atoms with Crippen LogP contribution in [0.2, 0.25) is 0 Å². The molecule has 0 amide bonds. The second-order valence-corrected chi connectivity index (χ2v) is 14.2. The highest BCUT2D eigenvalue weighted by molar-refractivity contribution is 5.89. The Labute approximate surface area is 317 Å². The molecule has 0 fully saturated rings. The summed E-state index contributed by atoms with van der Waals surface area (Å²) in [5.41, 5.74) is 6.15. The molecule has 0 spiro atoms. The maximum Gasteiger partial charge on any atom is 0.185 e. The number of nitrogens with zero attached hydrogens (tertiary/aromatic N) is 4. The number of rotatable bonds is 10.